The largest absolute Gasteiger partial charge is 0.476 e. The summed E-state index contributed by atoms with van der Waals surface area (Å²) in [6.07, 6.45) is 2.01. The number of benzene rings is 2. The molecule has 20 heavy (non-hydrogen) atoms. The zero-order valence-corrected chi connectivity index (χ0v) is 11.4. The van der Waals surface area contributed by atoms with Gasteiger partial charge in [-0.15, -0.1) is 5.10 Å². The second-order valence-corrected chi connectivity index (χ2v) is 4.43. The van der Waals surface area contributed by atoms with Crippen molar-refractivity contribution in [3.8, 4) is 22.7 Å². The number of ether oxygens (including phenoxy) is 1. The molecule has 0 unspecified atom stereocenters. The lowest BCUT2D eigenvalue weighted by molar-refractivity contribution is 0.325. The summed E-state index contributed by atoms with van der Waals surface area (Å²) in [5, 5.41) is 4.54. The van der Waals surface area contributed by atoms with E-state index in [-0.39, 0.29) is 0 Å². The molecule has 0 saturated heterocycles. The Hall–Kier alpha value is -2.55. The second kappa shape index (κ2) is 5.61. The van der Waals surface area contributed by atoms with Gasteiger partial charge in [-0.1, -0.05) is 48.5 Å². The van der Waals surface area contributed by atoms with E-state index < -0.39 is 0 Å². The Labute approximate surface area is 118 Å². The lowest BCUT2D eigenvalue weighted by Gasteiger charge is -2.02. The lowest BCUT2D eigenvalue weighted by Crippen LogP contribution is -1.96. The van der Waals surface area contributed by atoms with Gasteiger partial charge in [-0.3, -0.25) is 0 Å². The SMILES string of the molecule is CCOc1nn(-c2ccccc2)cc1-c1ccccc1. The van der Waals surface area contributed by atoms with Crippen molar-refractivity contribution >= 4 is 0 Å². The van der Waals surface area contributed by atoms with Crippen LogP contribution in [-0.4, -0.2) is 16.4 Å². The Bertz CT molecular complexity index is 675. The van der Waals surface area contributed by atoms with Crippen LogP contribution in [0.3, 0.4) is 0 Å². The molecule has 0 spiro atoms. The Balaban J connectivity index is 2.08. The number of rotatable bonds is 4. The average Bonchev–Trinajstić information content (AvgIpc) is 2.94. The fraction of sp³-hybridized carbons (Fsp3) is 0.118. The minimum Gasteiger partial charge on any atom is -0.476 e. The molecule has 0 amide bonds. The summed E-state index contributed by atoms with van der Waals surface area (Å²) < 4.78 is 7.52. The molecule has 0 aliphatic rings. The molecule has 1 aromatic heterocycles. The van der Waals surface area contributed by atoms with Crippen LogP contribution in [0.25, 0.3) is 16.8 Å². The highest BCUT2D eigenvalue weighted by molar-refractivity contribution is 5.68. The van der Waals surface area contributed by atoms with Crippen LogP contribution in [-0.2, 0) is 0 Å². The van der Waals surface area contributed by atoms with Crippen LogP contribution in [0, 0.1) is 0 Å². The van der Waals surface area contributed by atoms with Crippen LogP contribution in [0.4, 0.5) is 0 Å². The van der Waals surface area contributed by atoms with E-state index in [0.29, 0.717) is 12.5 Å². The highest BCUT2D eigenvalue weighted by atomic mass is 16.5. The number of hydrogen-bond donors (Lipinski definition) is 0. The van der Waals surface area contributed by atoms with Gasteiger partial charge < -0.3 is 4.74 Å². The summed E-state index contributed by atoms with van der Waals surface area (Å²) in [6.45, 7) is 2.57. The maximum Gasteiger partial charge on any atom is 0.241 e. The zero-order chi connectivity index (χ0) is 13.8. The molecular weight excluding hydrogens is 248 g/mol. The van der Waals surface area contributed by atoms with Gasteiger partial charge >= 0.3 is 0 Å². The molecule has 3 nitrogen and oxygen atoms in total. The zero-order valence-electron chi connectivity index (χ0n) is 11.4. The van der Waals surface area contributed by atoms with Crippen molar-refractivity contribution in [1.29, 1.82) is 0 Å². The molecule has 0 atom stereocenters. The van der Waals surface area contributed by atoms with E-state index in [4.69, 9.17) is 4.74 Å². The number of nitrogens with zero attached hydrogens (tertiary/aromatic N) is 2. The molecule has 0 radical (unpaired) electrons. The van der Waals surface area contributed by atoms with E-state index in [9.17, 15) is 0 Å². The Kier molecular flexibility index (Phi) is 3.50. The summed E-state index contributed by atoms with van der Waals surface area (Å²) in [5.74, 6) is 0.669. The van der Waals surface area contributed by atoms with E-state index >= 15 is 0 Å². The van der Waals surface area contributed by atoms with Crippen LogP contribution >= 0.6 is 0 Å². The molecule has 0 aliphatic carbocycles. The molecule has 3 rings (SSSR count). The van der Waals surface area contributed by atoms with E-state index in [2.05, 4.69) is 17.2 Å². The minimum atomic E-state index is 0.603. The average molecular weight is 264 g/mol. The van der Waals surface area contributed by atoms with Gasteiger partial charge in [-0.2, -0.15) is 0 Å². The first-order chi connectivity index (χ1) is 9.88. The van der Waals surface area contributed by atoms with Gasteiger partial charge in [0.1, 0.15) is 0 Å². The molecule has 1 heterocycles. The first-order valence-corrected chi connectivity index (χ1v) is 6.72. The quantitative estimate of drug-likeness (QED) is 0.713. The summed E-state index contributed by atoms with van der Waals surface area (Å²) in [4.78, 5) is 0. The molecular formula is C17H16N2O. The monoisotopic (exact) mass is 264 g/mol. The van der Waals surface area contributed by atoms with Crippen LogP contribution in [0.2, 0.25) is 0 Å². The Morgan fingerprint density at radius 2 is 1.60 bits per heavy atom. The third-order valence-corrected chi connectivity index (χ3v) is 3.07. The van der Waals surface area contributed by atoms with Crippen molar-refractivity contribution in [2.75, 3.05) is 6.61 Å². The van der Waals surface area contributed by atoms with Crippen molar-refractivity contribution in [3.63, 3.8) is 0 Å². The number of aromatic nitrogens is 2. The molecule has 0 bridgehead atoms. The van der Waals surface area contributed by atoms with Crippen molar-refractivity contribution in [3.05, 3.63) is 66.9 Å². The third kappa shape index (κ3) is 2.43. The van der Waals surface area contributed by atoms with Gasteiger partial charge in [-0.25, -0.2) is 4.68 Å². The van der Waals surface area contributed by atoms with E-state index in [1.807, 2.05) is 66.3 Å². The smallest absolute Gasteiger partial charge is 0.241 e. The molecule has 0 fully saturated rings. The molecule has 3 heteroatoms. The first kappa shape index (κ1) is 12.5. The topological polar surface area (TPSA) is 27.1 Å². The highest BCUT2D eigenvalue weighted by Gasteiger charge is 2.12. The van der Waals surface area contributed by atoms with Crippen molar-refractivity contribution < 1.29 is 4.74 Å². The molecule has 100 valence electrons. The van der Waals surface area contributed by atoms with Gasteiger partial charge in [0.25, 0.3) is 0 Å². The summed E-state index contributed by atoms with van der Waals surface area (Å²) in [5.41, 5.74) is 3.14. The van der Waals surface area contributed by atoms with Crippen LogP contribution in [0.1, 0.15) is 6.92 Å². The Morgan fingerprint density at radius 3 is 2.25 bits per heavy atom. The van der Waals surface area contributed by atoms with Crippen molar-refractivity contribution in [1.82, 2.24) is 9.78 Å². The standard InChI is InChI=1S/C17H16N2O/c1-2-20-17-16(14-9-5-3-6-10-14)13-19(18-17)15-11-7-4-8-12-15/h3-13H,2H2,1H3. The normalized spacial score (nSPS) is 10.4. The maximum atomic E-state index is 5.66. The number of para-hydroxylation sites is 1. The van der Waals surface area contributed by atoms with Crippen LogP contribution < -0.4 is 4.74 Å². The summed E-state index contributed by atoms with van der Waals surface area (Å²) in [7, 11) is 0. The fourth-order valence-electron chi connectivity index (χ4n) is 2.13. The van der Waals surface area contributed by atoms with Gasteiger partial charge in [-0.05, 0) is 24.6 Å². The second-order valence-electron chi connectivity index (χ2n) is 4.43. The predicted octanol–water partition coefficient (Wildman–Crippen LogP) is 3.94. The van der Waals surface area contributed by atoms with Crippen molar-refractivity contribution in [2.45, 2.75) is 6.92 Å². The van der Waals surface area contributed by atoms with Crippen molar-refractivity contribution in [2.24, 2.45) is 0 Å². The van der Waals surface area contributed by atoms with E-state index in [0.717, 1.165) is 16.8 Å². The van der Waals surface area contributed by atoms with Crippen LogP contribution in [0.15, 0.2) is 66.9 Å². The molecule has 0 saturated carbocycles. The molecule has 0 aliphatic heterocycles. The van der Waals surface area contributed by atoms with Gasteiger partial charge in [0, 0.05) is 6.20 Å². The predicted molar refractivity (Wildman–Crippen MR) is 80.2 cm³/mol. The summed E-state index contributed by atoms with van der Waals surface area (Å²) >= 11 is 0. The highest BCUT2D eigenvalue weighted by Crippen LogP contribution is 2.29. The molecule has 0 N–H and O–H groups in total. The van der Waals surface area contributed by atoms with Gasteiger partial charge in [0.05, 0.1) is 17.9 Å². The lowest BCUT2D eigenvalue weighted by atomic mass is 10.1. The molecule has 2 aromatic carbocycles. The van der Waals surface area contributed by atoms with Crippen LogP contribution in [0.5, 0.6) is 5.88 Å². The first-order valence-electron chi connectivity index (χ1n) is 6.72. The van der Waals surface area contributed by atoms with E-state index in [1.54, 1.807) is 0 Å². The molecule has 3 aromatic rings. The fourth-order valence-corrected chi connectivity index (χ4v) is 2.13. The summed E-state index contributed by atoms with van der Waals surface area (Å²) in [6, 6.07) is 20.2. The Morgan fingerprint density at radius 1 is 0.950 bits per heavy atom. The van der Waals surface area contributed by atoms with Gasteiger partial charge in [0.2, 0.25) is 5.88 Å². The maximum absolute atomic E-state index is 5.66. The van der Waals surface area contributed by atoms with E-state index in [1.165, 1.54) is 0 Å². The number of hydrogen-bond acceptors (Lipinski definition) is 2. The van der Waals surface area contributed by atoms with Gasteiger partial charge in [0.15, 0.2) is 0 Å². The minimum absolute atomic E-state index is 0.603. The third-order valence-electron chi connectivity index (χ3n) is 3.07.